The fraction of sp³-hybridized carbons (Fsp3) is 0.600. The predicted octanol–water partition coefficient (Wildman–Crippen LogP) is 2.41. The van der Waals surface area contributed by atoms with Crippen molar-refractivity contribution in [3.63, 3.8) is 0 Å². The average molecular weight is 327 g/mol. The van der Waals surface area contributed by atoms with Crippen LogP contribution in [-0.4, -0.2) is 42.8 Å². The number of aliphatic hydroxyl groups is 1. The molecule has 3 nitrogen and oxygen atoms in total. The summed E-state index contributed by atoms with van der Waals surface area (Å²) in [5.41, 5.74) is 1.10. The van der Waals surface area contributed by atoms with Crippen molar-refractivity contribution in [1.82, 2.24) is 10.2 Å². The first kappa shape index (κ1) is 15.0. The minimum atomic E-state index is -0.165. The number of piperazine rings is 1. The minimum absolute atomic E-state index is 0.165. The van der Waals surface area contributed by atoms with Crippen molar-refractivity contribution in [2.24, 2.45) is 5.41 Å². The Morgan fingerprint density at radius 3 is 2.53 bits per heavy atom. The third-order valence-electron chi connectivity index (χ3n) is 3.86. The third kappa shape index (κ3) is 3.37. The van der Waals surface area contributed by atoms with Crippen molar-refractivity contribution in [2.45, 2.75) is 19.9 Å². The quantitative estimate of drug-likeness (QED) is 0.892. The summed E-state index contributed by atoms with van der Waals surface area (Å²) in [5, 5.41) is 13.2. The van der Waals surface area contributed by atoms with Crippen molar-refractivity contribution in [1.29, 1.82) is 0 Å². The second-order valence-electron chi connectivity index (χ2n) is 5.86. The largest absolute Gasteiger partial charge is 0.396 e. The van der Waals surface area contributed by atoms with Crippen LogP contribution in [0.4, 0.5) is 0 Å². The van der Waals surface area contributed by atoms with Gasteiger partial charge in [-0.1, -0.05) is 48.0 Å². The van der Waals surface area contributed by atoms with Gasteiger partial charge >= 0.3 is 0 Å². The molecule has 0 bridgehead atoms. The van der Waals surface area contributed by atoms with Gasteiger partial charge in [-0.2, -0.15) is 0 Å². The topological polar surface area (TPSA) is 35.5 Å². The molecule has 1 saturated heterocycles. The number of benzene rings is 1. The Labute approximate surface area is 124 Å². The number of hydrogen-bond acceptors (Lipinski definition) is 3. The van der Waals surface area contributed by atoms with Crippen LogP contribution < -0.4 is 5.32 Å². The molecule has 1 aliphatic heterocycles. The lowest BCUT2D eigenvalue weighted by molar-refractivity contribution is 0.0301. The Bertz CT molecular complexity index is 416. The van der Waals surface area contributed by atoms with Crippen molar-refractivity contribution in [2.75, 3.05) is 32.8 Å². The highest BCUT2D eigenvalue weighted by Crippen LogP contribution is 2.40. The molecule has 1 aliphatic rings. The van der Waals surface area contributed by atoms with Crippen LogP contribution in [0.5, 0.6) is 0 Å². The van der Waals surface area contributed by atoms with E-state index in [1.165, 1.54) is 5.56 Å². The first-order valence-electron chi connectivity index (χ1n) is 6.86. The van der Waals surface area contributed by atoms with Crippen LogP contribution in [0, 0.1) is 5.41 Å². The van der Waals surface area contributed by atoms with Crippen LogP contribution in [-0.2, 0) is 0 Å². The molecule has 19 heavy (non-hydrogen) atoms. The summed E-state index contributed by atoms with van der Waals surface area (Å²) in [5.74, 6) is 0. The molecule has 1 aromatic carbocycles. The summed E-state index contributed by atoms with van der Waals surface area (Å²) in [6.07, 6.45) is 0. The molecule has 1 heterocycles. The number of nitrogens with one attached hydrogen (secondary N) is 1. The maximum absolute atomic E-state index is 9.79. The summed E-state index contributed by atoms with van der Waals surface area (Å²) in [7, 11) is 0. The molecule has 0 amide bonds. The van der Waals surface area contributed by atoms with Gasteiger partial charge in [-0.25, -0.2) is 0 Å². The molecule has 0 saturated carbocycles. The molecular formula is C15H23BrN2O. The number of nitrogens with zero attached hydrogens (tertiary/aromatic N) is 1. The van der Waals surface area contributed by atoms with E-state index < -0.39 is 0 Å². The van der Waals surface area contributed by atoms with E-state index in [0.717, 1.165) is 30.7 Å². The fourth-order valence-corrected chi connectivity index (χ4v) is 3.34. The fourth-order valence-electron chi connectivity index (χ4n) is 2.84. The van der Waals surface area contributed by atoms with Gasteiger partial charge in [-0.3, -0.25) is 4.90 Å². The monoisotopic (exact) mass is 326 g/mol. The second kappa shape index (κ2) is 6.35. The van der Waals surface area contributed by atoms with Gasteiger partial charge in [0.2, 0.25) is 0 Å². The van der Waals surface area contributed by atoms with Crippen molar-refractivity contribution < 1.29 is 5.11 Å². The zero-order valence-electron chi connectivity index (χ0n) is 11.7. The molecule has 4 heteroatoms. The molecule has 0 unspecified atom stereocenters. The number of aliphatic hydroxyl groups excluding tert-OH is 1. The van der Waals surface area contributed by atoms with Gasteiger partial charge in [0.05, 0.1) is 0 Å². The molecule has 0 radical (unpaired) electrons. The Morgan fingerprint density at radius 1 is 1.32 bits per heavy atom. The lowest BCUT2D eigenvalue weighted by Crippen LogP contribution is -2.49. The zero-order valence-corrected chi connectivity index (χ0v) is 13.3. The zero-order chi connectivity index (χ0) is 13.9. The molecule has 106 valence electrons. The summed E-state index contributed by atoms with van der Waals surface area (Å²) in [4.78, 5) is 2.48. The molecule has 2 rings (SSSR count). The summed E-state index contributed by atoms with van der Waals surface area (Å²) >= 11 is 3.66. The SMILES string of the molecule is CC(C)(CO)[C@H](c1ccccc1Br)N1CCNCC1. The maximum atomic E-state index is 9.79. The van der Waals surface area contributed by atoms with E-state index >= 15 is 0 Å². The van der Waals surface area contributed by atoms with Gasteiger partial charge in [0.25, 0.3) is 0 Å². The first-order valence-corrected chi connectivity index (χ1v) is 7.65. The highest BCUT2D eigenvalue weighted by atomic mass is 79.9. The van der Waals surface area contributed by atoms with Crippen LogP contribution in [0.15, 0.2) is 28.7 Å². The maximum Gasteiger partial charge on any atom is 0.0500 e. The average Bonchev–Trinajstić information content (AvgIpc) is 2.42. The third-order valence-corrected chi connectivity index (χ3v) is 4.59. The Kier molecular flexibility index (Phi) is 5.01. The lowest BCUT2D eigenvalue weighted by atomic mass is 9.80. The van der Waals surface area contributed by atoms with Crippen molar-refractivity contribution in [3.8, 4) is 0 Å². The van der Waals surface area contributed by atoms with E-state index in [0.29, 0.717) is 0 Å². The van der Waals surface area contributed by atoms with Gasteiger partial charge in [0.1, 0.15) is 0 Å². The Balaban J connectivity index is 2.36. The lowest BCUT2D eigenvalue weighted by Gasteiger charge is -2.43. The van der Waals surface area contributed by atoms with E-state index in [9.17, 15) is 5.11 Å². The van der Waals surface area contributed by atoms with Crippen LogP contribution in [0.2, 0.25) is 0 Å². The van der Waals surface area contributed by atoms with E-state index in [1.54, 1.807) is 0 Å². The Morgan fingerprint density at radius 2 is 1.95 bits per heavy atom. The second-order valence-corrected chi connectivity index (χ2v) is 6.71. The van der Waals surface area contributed by atoms with Crippen LogP contribution in [0.3, 0.4) is 0 Å². The van der Waals surface area contributed by atoms with Crippen LogP contribution in [0.1, 0.15) is 25.5 Å². The van der Waals surface area contributed by atoms with E-state index in [2.05, 4.69) is 58.2 Å². The normalized spacial score (nSPS) is 19.4. The van der Waals surface area contributed by atoms with E-state index in [-0.39, 0.29) is 18.1 Å². The number of halogens is 1. The number of hydrogen-bond donors (Lipinski definition) is 2. The van der Waals surface area contributed by atoms with Crippen LogP contribution in [0.25, 0.3) is 0 Å². The molecule has 0 aliphatic carbocycles. The molecule has 0 spiro atoms. The highest BCUT2D eigenvalue weighted by Gasteiger charge is 2.36. The standard InChI is InChI=1S/C15H23BrN2O/c1-15(2,11-19)14(18-9-7-17-8-10-18)12-5-3-4-6-13(12)16/h3-6,14,17,19H,7-11H2,1-2H3/t14-/m0/s1. The molecule has 1 fully saturated rings. The predicted molar refractivity (Wildman–Crippen MR) is 82.2 cm³/mol. The van der Waals surface area contributed by atoms with Gasteiger partial charge < -0.3 is 10.4 Å². The molecule has 1 aromatic rings. The van der Waals surface area contributed by atoms with E-state index in [4.69, 9.17) is 0 Å². The highest BCUT2D eigenvalue weighted by molar-refractivity contribution is 9.10. The smallest absolute Gasteiger partial charge is 0.0500 e. The van der Waals surface area contributed by atoms with Crippen LogP contribution >= 0.6 is 15.9 Å². The van der Waals surface area contributed by atoms with Gasteiger partial charge in [0.15, 0.2) is 0 Å². The summed E-state index contributed by atoms with van der Waals surface area (Å²) in [6, 6.07) is 8.58. The number of rotatable bonds is 4. The molecule has 0 aromatic heterocycles. The first-order chi connectivity index (χ1) is 9.06. The van der Waals surface area contributed by atoms with Gasteiger partial charge in [0, 0.05) is 48.7 Å². The van der Waals surface area contributed by atoms with Crippen molar-refractivity contribution >= 4 is 15.9 Å². The van der Waals surface area contributed by atoms with Gasteiger partial charge in [-0.05, 0) is 11.6 Å². The molecule has 2 N–H and O–H groups in total. The van der Waals surface area contributed by atoms with Crippen molar-refractivity contribution in [3.05, 3.63) is 34.3 Å². The summed E-state index contributed by atoms with van der Waals surface area (Å²) in [6.45, 7) is 8.54. The molecular weight excluding hydrogens is 304 g/mol. The molecule has 1 atom stereocenters. The minimum Gasteiger partial charge on any atom is -0.396 e. The van der Waals surface area contributed by atoms with Gasteiger partial charge in [-0.15, -0.1) is 0 Å². The summed E-state index contributed by atoms with van der Waals surface area (Å²) < 4.78 is 1.13. The Hall–Kier alpha value is -0.420. The van der Waals surface area contributed by atoms with E-state index in [1.807, 2.05) is 6.07 Å².